The van der Waals surface area contributed by atoms with E-state index in [0.717, 1.165) is 11.3 Å². The smallest absolute Gasteiger partial charge is 0.265 e. The Morgan fingerprint density at radius 2 is 1.96 bits per heavy atom. The van der Waals surface area contributed by atoms with Gasteiger partial charge in [-0.15, -0.1) is 0 Å². The van der Waals surface area contributed by atoms with Crippen LogP contribution in [0.25, 0.3) is 11.3 Å². The predicted octanol–water partition coefficient (Wildman–Crippen LogP) is 3.48. The quantitative estimate of drug-likeness (QED) is 0.758. The number of aromatic nitrogens is 2. The lowest BCUT2D eigenvalue weighted by Crippen LogP contribution is -2.30. The van der Waals surface area contributed by atoms with Gasteiger partial charge in [0.25, 0.3) is 5.91 Å². The maximum atomic E-state index is 12.3. The molecule has 5 heteroatoms. The third-order valence-corrected chi connectivity index (χ3v) is 3.37. The molecule has 1 atom stereocenters. The highest BCUT2D eigenvalue weighted by Gasteiger charge is 2.15. The van der Waals surface area contributed by atoms with Crippen LogP contribution in [0.15, 0.2) is 66.9 Å². The summed E-state index contributed by atoms with van der Waals surface area (Å²) >= 11 is 0. The predicted molar refractivity (Wildman–Crippen MR) is 89.2 cm³/mol. The normalized spacial score (nSPS) is 11.7. The second-order valence-electron chi connectivity index (χ2n) is 5.11. The van der Waals surface area contributed by atoms with E-state index in [1.807, 2.05) is 60.7 Å². The van der Waals surface area contributed by atoms with E-state index in [0.29, 0.717) is 11.4 Å². The zero-order valence-corrected chi connectivity index (χ0v) is 12.7. The number of hydrogen-bond acceptors (Lipinski definition) is 3. The van der Waals surface area contributed by atoms with Crippen LogP contribution < -0.4 is 10.1 Å². The highest BCUT2D eigenvalue weighted by atomic mass is 16.5. The highest BCUT2D eigenvalue weighted by molar-refractivity contribution is 5.94. The average Bonchev–Trinajstić information content (AvgIpc) is 3.10. The Kier molecular flexibility index (Phi) is 4.38. The molecule has 0 bridgehead atoms. The molecule has 2 aromatic carbocycles. The molecule has 0 fully saturated rings. The largest absolute Gasteiger partial charge is 0.481 e. The zero-order valence-electron chi connectivity index (χ0n) is 12.7. The third-order valence-electron chi connectivity index (χ3n) is 3.37. The molecule has 1 amide bonds. The minimum Gasteiger partial charge on any atom is -0.481 e. The standard InChI is InChI=1S/C18H17N3O2/c1-13(23-16-8-3-2-4-9-16)18(22)20-15-7-5-6-14(12-15)17-10-11-19-21-17/h2-13H,1H3,(H,19,21)(H,20,22)/t13-/m0/s1. The van der Waals surface area contributed by atoms with Gasteiger partial charge >= 0.3 is 0 Å². The molecule has 5 nitrogen and oxygen atoms in total. The van der Waals surface area contributed by atoms with Crippen LogP contribution in [-0.2, 0) is 4.79 Å². The fourth-order valence-electron chi connectivity index (χ4n) is 2.18. The van der Waals surface area contributed by atoms with Crippen LogP contribution in [0.5, 0.6) is 5.75 Å². The molecule has 1 aromatic heterocycles. The molecular formula is C18H17N3O2. The van der Waals surface area contributed by atoms with Gasteiger partial charge in [0.1, 0.15) is 5.75 Å². The van der Waals surface area contributed by atoms with Crippen LogP contribution in [0, 0.1) is 0 Å². The van der Waals surface area contributed by atoms with Crippen molar-refractivity contribution < 1.29 is 9.53 Å². The van der Waals surface area contributed by atoms with E-state index < -0.39 is 6.10 Å². The molecule has 3 aromatic rings. The van der Waals surface area contributed by atoms with Crippen molar-refractivity contribution in [3.63, 3.8) is 0 Å². The molecule has 23 heavy (non-hydrogen) atoms. The number of amides is 1. The fraction of sp³-hybridized carbons (Fsp3) is 0.111. The summed E-state index contributed by atoms with van der Waals surface area (Å²) in [6.45, 7) is 1.72. The number of H-pyrrole nitrogens is 1. The summed E-state index contributed by atoms with van der Waals surface area (Å²) in [7, 11) is 0. The molecule has 2 N–H and O–H groups in total. The van der Waals surface area contributed by atoms with E-state index in [1.54, 1.807) is 13.1 Å². The third kappa shape index (κ3) is 3.77. The number of rotatable bonds is 5. The first-order chi connectivity index (χ1) is 11.2. The summed E-state index contributed by atoms with van der Waals surface area (Å²) in [5.41, 5.74) is 2.57. The molecule has 1 heterocycles. The van der Waals surface area contributed by atoms with Crippen molar-refractivity contribution in [1.29, 1.82) is 0 Å². The van der Waals surface area contributed by atoms with E-state index in [-0.39, 0.29) is 5.91 Å². The maximum Gasteiger partial charge on any atom is 0.265 e. The molecule has 0 radical (unpaired) electrons. The number of aromatic amines is 1. The van der Waals surface area contributed by atoms with Crippen LogP contribution in [0.2, 0.25) is 0 Å². The summed E-state index contributed by atoms with van der Waals surface area (Å²) < 4.78 is 5.62. The summed E-state index contributed by atoms with van der Waals surface area (Å²) in [4.78, 5) is 12.3. The van der Waals surface area contributed by atoms with Gasteiger partial charge in [0.2, 0.25) is 0 Å². The highest BCUT2D eigenvalue weighted by Crippen LogP contribution is 2.20. The van der Waals surface area contributed by atoms with Crippen LogP contribution in [0.3, 0.4) is 0 Å². The molecule has 0 spiro atoms. The Balaban J connectivity index is 1.67. The Hall–Kier alpha value is -3.08. The van der Waals surface area contributed by atoms with Gasteiger partial charge in [0.15, 0.2) is 6.10 Å². The van der Waals surface area contributed by atoms with Gasteiger partial charge in [0.05, 0.1) is 5.69 Å². The van der Waals surface area contributed by atoms with Crippen LogP contribution >= 0.6 is 0 Å². The van der Waals surface area contributed by atoms with Crippen molar-refractivity contribution >= 4 is 11.6 Å². The lowest BCUT2D eigenvalue weighted by molar-refractivity contribution is -0.122. The Bertz CT molecular complexity index is 770. The van der Waals surface area contributed by atoms with Crippen LogP contribution in [-0.4, -0.2) is 22.2 Å². The topological polar surface area (TPSA) is 67.0 Å². The van der Waals surface area contributed by atoms with Crippen molar-refractivity contribution in [3.8, 4) is 17.0 Å². The molecule has 0 aliphatic heterocycles. The zero-order chi connectivity index (χ0) is 16.1. The van der Waals surface area contributed by atoms with Gasteiger partial charge in [-0.3, -0.25) is 9.89 Å². The maximum absolute atomic E-state index is 12.3. The van der Waals surface area contributed by atoms with E-state index in [9.17, 15) is 4.79 Å². The summed E-state index contributed by atoms with van der Waals surface area (Å²) in [6, 6.07) is 18.7. The molecule has 0 aliphatic rings. The first kappa shape index (κ1) is 14.8. The monoisotopic (exact) mass is 307 g/mol. The summed E-state index contributed by atoms with van der Waals surface area (Å²) in [5.74, 6) is 0.469. The fourth-order valence-corrected chi connectivity index (χ4v) is 2.18. The number of carbonyl (C=O) groups is 1. The van der Waals surface area contributed by atoms with E-state index >= 15 is 0 Å². The molecule has 0 unspecified atom stereocenters. The molecule has 0 saturated heterocycles. The van der Waals surface area contributed by atoms with Crippen LogP contribution in [0.1, 0.15) is 6.92 Å². The number of para-hydroxylation sites is 1. The SMILES string of the molecule is C[C@H](Oc1ccccc1)C(=O)Nc1cccc(-c2ccn[nH]2)c1. The number of anilines is 1. The van der Waals surface area contributed by atoms with Crippen molar-refractivity contribution in [3.05, 3.63) is 66.9 Å². The minimum atomic E-state index is -0.590. The van der Waals surface area contributed by atoms with E-state index in [4.69, 9.17) is 4.74 Å². The number of carbonyl (C=O) groups excluding carboxylic acids is 1. The number of hydrogen-bond donors (Lipinski definition) is 2. The van der Waals surface area contributed by atoms with E-state index in [1.165, 1.54) is 0 Å². The van der Waals surface area contributed by atoms with Gasteiger partial charge in [-0.2, -0.15) is 5.10 Å². The van der Waals surface area contributed by atoms with Crippen LogP contribution in [0.4, 0.5) is 5.69 Å². The second-order valence-corrected chi connectivity index (χ2v) is 5.11. The molecule has 0 aliphatic carbocycles. The van der Waals surface area contributed by atoms with Gasteiger partial charge in [0, 0.05) is 17.4 Å². The number of ether oxygens (including phenoxy) is 1. The molecule has 116 valence electrons. The van der Waals surface area contributed by atoms with Gasteiger partial charge in [-0.05, 0) is 37.3 Å². The Morgan fingerprint density at radius 1 is 1.13 bits per heavy atom. The summed E-state index contributed by atoms with van der Waals surface area (Å²) in [5, 5.41) is 9.70. The Labute approximate surface area is 134 Å². The van der Waals surface area contributed by atoms with Crippen molar-refractivity contribution in [2.75, 3.05) is 5.32 Å². The number of nitrogens with zero attached hydrogens (tertiary/aromatic N) is 1. The lowest BCUT2D eigenvalue weighted by Gasteiger charge is -2.15. The average molecular weight is 307 g/mol. The summed E-state index contributed by atoms with van der Waals surface area (Å²) in [6.07, 6.45) is 1.10. The van der Waals surface area contributed by atoms with E-state index in [2.05, 4.69) is 15.5 Å². The lowest BCUT2D eigenvalue weighted by atomic mass is 10.1. The number of nitrogens with one attached hydrogen (secondary N) is 2. The number of benzene rings is 2. The van der Waals surface area contributed by atoms with Crippen molar-refractivity contribution in [2.45, 2.75) is 13.0 Å². The second kappa shape index (κ2) is 6.79. The van der Waals surface area contributed by atoms with Gasteiger partial charge in [-0.1, -0.05) is 30.3 Å². The first-order valence-electron chi connectivity index (χ1n) is 7.35. The molecule has 3 rings (SSSR count). The van der Waals surface area contributed by atoms with Crippen molar-refractivity contribution in [2.24, 2.45) is 0 Å². The minimum absolute atomic E-state index is 0.199. The van der Waals surface area contributed by atoms with Gasteiger partial charge < -0.3 is 10.1 Å². The van der Waals surface area contributed by atoms with Gasteiger partial charge in [-0.25, -0.2) is 0 Å². The first-order valence-corrected chi connectivity index (χ1v) is 7.35. The molecule has 0 saturated carbocycles. The molecular weight excluding hydrogens is 290 g/mol. The van der Waals surface area contributed by atoms with Crippen molar-refractivity contribution in [1.82, 2.24) is 10.2 Å². The Morgan fingerprint density at radius 3 is 2.70 bits per heavy atom.